The van der Waals surface area contributed by atoms with Gasteiger partial charge in [0, 0.05) is 37.9 Å². The standard InChI is InChI=1S/C26H36N4O/c1-28-17-18-30(25(20-28)21-11-5-3-6-12-21)26(31)27-24-16-10-9-13-22(24)19-29(2)23-14-7-4-8-15-23/h3,5-6,9-13,16,23,25H,4,7-8,14-15,17-20H2,1-2H3,(H,27,31)/t25-/m0/s1. The monoisotopic (exact) mass is 420 g/mol. The lowest BCUT2D eigenvalue weighted by Crippen LogP contribution is -2.50. The number of carbonyl (C=O) groups excluding carboxylic acids is 1. The van der Waals surface area contributed by atoms with Gasteiger partial charge in [0.15, 0.2) is 0 Å². The Balaban J connectivity index is 1.47. The van der Waals surface area contributed by atoms with E-state index < -0.39 is 0 Å². The molecule has 1 N–H and O–H groups in total. The smallest absolute Gasteiger partial charge is 0.315 e. The van der Waals surface area contributed by atoms with Gasteiger partial charge in [0.1, 0.15) is 0 Å². The van der Waals surface area contributed by atoms with E-state index in [9.17, 15) is 4.79 Å². The van der Waals surface area contributed by atoms with Crippen molar-refractivity contribution in [1.82, 2.24) is 14.7 Å². The van der Waals surface area contributed by atoms with Crippen LogP contribution in [0.4, 0.5) is 10.5 Å². The number of rotatable bonds is 5. The summed E-state index contributed by atoms with van der Waals surface area (Å²) < 4.78 is 0. The summed E-state index contributed by atoms with van der Waals surface area (Å²) in [5.41, 5.74) is 3.31. The molecule has 1 saturated heterocycles. The number of amides is 2. The Kier molecular flexibility index (Phi) is 7.25. The zero-order valence-electron chi connectivity index (χ0n) is 19.0. The molecule has 0 unspecified atom stereocenters. The van der Waals surface area contributed by atoms with E-state index in [-0.39, 0.29) is 12.1 Å². The first-order valence-electron chi connectivity index (χ1n) is 11.7. The van der Waals surface area contributed by atoms with E-state index in [1.807, 2.05) is 23.1 Å². The highest BCUT2D eigenvalue weighted by molar-refractivity contribution is 5.90. The van der Waals surface area contributed by atoms with Crippen molar-refractivity contribution in [1.29, 1.82) is 0 Å². The van der Waals surface area contributed by atoms with Crippen LogP contribution in [0.3, 0.4) is 0 Å². The molecule has 1 atom stereocenters. The Morgan fingerprint density at radius 1 is 1.00 bits per heavy atom. The molecular weight excluding hydrogens is 384 g/mol. The lowest BCUT2D eigenvalue weighted by Gasteiger charge is -2.40. The summed E-state index contributed by atoms with van der Waals surface area (Å²) in [6, 6.07) is 19.4. The van der Waals surface area contributed by atoms with Gasteiger partial charge < -0.3 is 15.1 Å². The number of benzene rings is 2. The summed E-state index contributed by atoms with van der Waals surface area (Å²) in [6.07, 6.45) is 6.59. The van der Waals surface area contributed by atoms with Crippen molar-refractivity contribution in [2.45, 2.75) is 50.7 Å². The molecule has 2 amide bonds. The molecule has 1 aliphatic heterocycles. The maximum absolute atomic E-state index is 13.4. The van der Waals surface area contributed by atoms with Gasteiger partial charge in [-0.2, -0.15) is 0 Å². The van der Waals surface area contributed by atoms with Crippen LogP contribution in [0.25, 0.3) is 0 Å². The Hall–Kier alpha value is -2.37. The molecule has 1 saturated carbocycles. The van der Waals surface area contributed by atoms with Crippen molar-refractivity contribution in [3.63, 3.8) is 0 Å². The van der Waals surface area contributed by atoms with Gasteiger partial charge in [0.05, 0.1) is 6.04 Å². The summed E-state index contributed by atoms with van der Waals surface area (Å²) >= 11 is 0. The molecule has 0 spiro atoms. The van der Waals surface area contributed by atoms with Crippen molar-refractivity contribution in [3.05, 3.63) is 65.7 Å². The molecule has 1 aliphatic carbocycles. The number of nitrogens with one attached hydrogen (secondary N) is 1. The highest BCUT2D eigenvalue weighted by Crippen LogP contribution is 2.28. The first-order chi connectivity index (χ1) is 15.1. The minimum Gasteiger partial charge on any atom is -0.315 e. The van der Waals surface area contributed by atoms with Crippen LogP contribution in [0.5, 0.6) is 0 Å². The van der Waals surface area contributed by atoms with Crippen molar-refractivity contribution in [3.8, 4) is 0 Å². The normalized spacial score (nSPS) is 20.7. The third kappa shape index (κ3) is 5.46. The minimum atomic E-state index is -0.00489. The Labute approximate surface area is 187 Å². The molecular formula is C26H36N4O. The second-order valence-corrected chi connectivity index (χ2v) is 9.18. The van der Waals surface area contributed by atoms with E-state index in [0.29, 0.717) is 6.04 Å². The van der Waals surface area contributed by atoms with Crippen LogP contribution in [0.1, 0.15) is 49.3 Å². The van der Waals surface area contributed by atoms with E-state index in [1.165, 1.54) is 43.2 Å². The molecule has 5 nitrogen and oxygen atoms in total. The highest BCUT2D eigenvalue weighted by Gasteiger charge is 2.30. The molecule has 0 bridgehead atoms. The van der Waals surface area contributed by atoms with Crippen LogP contribution in [-0.4, -0.2) is 60.5 Å². The highest BCUT2D eigenvalue weighted by atomic mass is 16.2. The van der Waals surface area contributed by atoms with Crippen LogP contribution >= 0.6 is 0 Å². The quantitative estimate of drug-likeness (QED) is 0.742. The molecule has 2 aromatic carbocycles. The minimum absolute atomic E-state index is 0.00489. The number of urea groups is 1. The Bertz CT molecular complexity index is 849. The van der Waals surface area contributed by atoms with Crippen LogP contribution in [-0.2, 0) is 6.54 Å². The van der Waals surface area contributed by atoms with Gasteiger partial charge in [-0.15, -0.1) is 0 Å². The maximum atomic E-state index is 13.4. The van der Waals surface area contributed by atoms with Gasteiger partial charge in [-0.3, -0.25) is 4.90 Å². The lowest BCUT2D eigenvalue weighted by atomic mass is 9.94. The average Bonchev–Trinajstić information content (AvgIpc) is 2.81. The third-order valence-electron chi connectivity index (χ3n) is 6.91. The molecule has 2 aromatic rings. The summed E-state index contributed by atoms with van der Waals surface area (Å²) in [7, 11) is 4.35. The van der Waals surface area contributed by atoms with Crippen LogP contribution in [0.15, 0.2) is 54.6 Å². The van der Waals surface area contributed by atoms with E-state index in [4.69, 9.17) is 0 Å². The topological polar surface area (TPSA) is 38.8 Å². The van der Waals surface area contributed by atoms with Crippen molar-refractivity contribution >= 4 is 11.7 Å². The Morgan fingerprint density at radius 2 is 1.71 bits per heavy atom. The fourth-order valence-corrected chi connectivity index (χ4v) is 5.01. The molecule has 166 valence electrons. The van der Waals surface area contributed by atoms with Crippen molar-refractivity contribution in [2.24, 2.45) is 0 Å². The van der Waals surface area contributed by atoms with Crippen LogP contribution in [0.2, 0.25) is 0 Å². The largest absolute Gasteiger partial charge is 0.322 e. The lowest BCUT2D eigenvalue weighted by molar-refractivity contribution is 0.116. The SMILES string of the molecule is CN1CCN(C(=O)Nc2ccccc2CN(C)C2CCCCC2)[C@H](c2ccccc2)C1. The molecule has 31 heavy (non-hydrogen) atoms. The van der Waals surface area contributed by atoms with Crippen LogP contribution in [0, 0.1) is 0 Å². The number of hydrogen-bond acceptors (Lipinski definition) is 3. The van der Waals surface area contributed by atoms with Gasteiger partial charge in [-0.25, -0.2) is 4.79 Å². The summed E-state index contributed by atoms with van der Waals surface area (Å²) in [6.45, 7) is 3.34. The first kappa shape index (κ1) is 21.8. The maximum Gasteiger partial charge on any atom is 0.322 e. The van der Waals surface area contributed by atoms with Gasteiger partial charge in [0.25, 0.3) is 0 Å². The molecule has 1 heterocycles. The molecule has 2 fully saturated rings. The second-order valence-electron chi connectivity index (χ2n) is 9.18. The average molecular weight is 421 g/mol. The van der Waals surface area contributed by atoms with Crippen molar-refractivity contribution < 1.29 is 4.79 Å². The van der Waals surface area contributed by atoms with E-state index in [1.54, 1.807) is 0 Å². The fraction of sp³-hybridized carbons (Fsp3) is 0.500. The number of anilines is 1. The van der Waals surface area contributed by atoms with E-state index in [2.05, 4.69) is 65.6 Å². The number of piperazine rings is 1. The zero-order chi connectivity index (χ0) is 21.6. The third-order valence-corrected chi connectivity index (χ3v) is 6.91. The number of carbonyl (C=O) groups is 1. The number of nitrogens with zero attached hydrogens (tertiary/aromatic N) is 3. The molecule has 0 radical (unpaired) electrons. The zero-order valence-corrected chi connectivity index (χ0v) is 19.0. The van der Waals surface area contributed by atoms with E-state index >= 15 is 0 Å². The van der Waals surface area contributed by atoms with Gasteiger partial charge in [0.2, 0.25) is 0 Å². The number of para-hydroxylation sites is 1. The first-order valence-corrected chi connectivity index (χ1v) is 11.7. The number of hydrogen-bond donors (Lipinski definition) is 1. The second kappa shape index (κ2) is 10.3. The fourth-order valence-electron chi connectivity index (χ4n) is 5.01. The summed E-state index contributed by atoms with van der Waals surface area (Å²) in [4.78, 5) is 20.1. The van der Waals surface area contributed by atoms with Gasteiger partial charge in [-0.05, 0) is 44.1 Å². The molecule has 4 rings (SSSR count). The molecule has 2 aliphatic rings. The summed E-state index contributed by atoms with van der Waals surface area (Å²) in [5, 5.41) is 3.24. The molecule has 5 heteroatoms. The van der Waals surface area contributed by atoms with Gasteiger partial charge in [-0.1, -0.05) is 67.8 Å². The number of likely N-dealkylation sites (N-methyl/N-ethyl adjacent to an activating group) is 1. The van der Waals surface area contributed by atoms with Crippen LogP contribution < -0.4 is 5.32 Å². The Morgan fingerprint density at radius 3 is 2.48 bits per heavy atom. The van der Waals surface area contributed by atoms with E-state index in [0.717, 1.165) is 31.9 Å². The summed E-state index contributed by atoms with van der Waals surface area (Å²) in [5.74, 6) is 0. The molecule has 0 aromatic heterocycles. The predicted octanol–water partition coefficient (Wildman–Crippen LogP) is 4.97. The van der Waals surface area contributed by atoms with Gasteiger partial charge >= 0.3 is 6.03 Å². The van der Waals surface area contributed by atoms with Crippen molar-refractivity contribution in [2.75, 3.05) is 39.0 Å². The predicted molar refractivity (Wildman–Crippen MR) is 127 cm³/mol.